The third kappa shape index (κ3) is 2.95. The van der Waals surface area contributed by atoms with Crippen LogP contribution in [0, 0.1) is 6.92 Å². The minimum absolute atomic E-state index is 0.00695. The Labute approximate surface area is 133 Å². The van der Waals surface area contributed by atoms with Crippen molar-refractivity contribution < 1.29 is 19.4 Å². The van der Waals surface area contributed by atoms with E-state index in [0.29, 0.717) is 12.2 Å². The molecule has 1 aliphatic heterocycles. The molecule has 7 heteroatoms. The minimum Gasteiger partial charge on any atom is -0.480 e. The van der Waals surface area contributed by atoms with E-state index in [2.05, 4.69) is 5.10 Å². The lowest BCUT2D eigenvalue weighted by atomic mass is 10.2. The molecular weight excluding hydrogens is 298 g/mol. The van der Waals surface area contributed by atoms with Crippen LogP contribution in [0.5, 0.6) is 0 Å². The topological polar surface area (TPSA) is 84.7 Å². The number of nitrogens with zero attached hydrogens (tertiary/aromatic N) is 3. The van der Waals surface area contributed by atoms with Crippen molar-refractivity contribution in [1.82, 2.24) is 14.7 Å². The first-order valence-corrected chi connectivity index (χ1v) is 7.30. The van der Waals surface area contributed by atoms with E-state index in [1.807, 2.05) is 31.2 Å². The Kier molecular flexibility index (Phi) is 4.12. The van der Waals surface area contributed by atoms with E-state index >= 15 is 0 Å². The average Bonchev–Trinajstić information content (AvgIpc) is 3.04. The van der Waals surface area contributed by atoms with Crippen LogP contribution in [-0.2, 0) is 9.53 Å². The molecule has 7 nitrogen and oxygen atoms in total. The number of carbonyl (C=O) groups is 2. The Bertz CT molecular complexity index is 740. The Balaban J connectivity index is 1.86. The van der Waals surface area contributed by atoms with Gasteiger partial charge in [0.05, 0.1) is 30.7 Å². The molecule has 120 valence electrons. The van der Waals surface area contributed by atoms with E-state index < -0.39 is 12.0 Å². The molecular formula is C16H17N3O4. The van der Waals surface area contributed by atoms with E-state index in [9.17, 15) is 14.7 Å². The summed E-state index contributed by atoms with van der Waals surface area (Å²) in [4.78, 5) is 25.2. The summed E-state index contributed by atoms with van der Waals surface area (Å²) < 4.78 is 6.78. The van der Waals surface area contributed by atoms with Gasteiger partial charge in [0, 0.05) is 12.7 Å². The van der Waals surface area contributed by atoms with Crippen molar-refractivity contribution >= 4 is 11.9 Å². The first-order chi connectivity index (χ1) is 11.1. The zero-order valence-corrected chi connectivity index (χ0v) is 12.7. The van der Waals surface area contributed by atoms with Crippen LogP contribution in [-0.4, -0.2) is 57.5 Å². The van der Waals surface area contributed by atoms with Crippen LogP contribution >= 0.6 is 0 Å². The molecule has 0 radical (unpaired) electrons. The van der Waals surface area contributed by atoms with E-state index in [-0.39, 0.29) is 19.1 Å². The normalized spacial score (nSPS) is 18.0. The van der Waals surface area contributed by atoms with E-state index in [1.54, 1.807) is 10.9 Å². The van der Waals surface area contributed by atoms with Crippen LogP contribution in [0.2, 0.25) is 0 Å². The van der Waals surface area contributed by atoms with Crippen molar-refractivity contribution in [2.24, 2.45) is 0 Å². The number of para-hydroxylation sites is 1. The number of carbonyl (C=O) groups excluding carboxylic acids is 1. The van der Waals surface area contributed by atoms with E-state index in [0.717, 1.165) is 11.3 Å². The standard InChI is InChI=1S/C16H17N3O4/c1-11-4-2-3-5-13(11)19-9-12(8-17-19)15(20)18-6-7-23-10-14(18)16(21)22/h2-5,8-9,14H,6-7,10H2,1H3,(H,21,22)/t14-/m1/s1. The molecule has 1 aliphatic rings. The molecule has 1 amide bonds. The predicted octanol–water partition coefficient (Wildman–Crippen LogP) is 1.11. The van der Waals surface area contributed by atoms with Gasteiger partial charge in [-0.3, -0.25) is 4.79 Å². The quantitative estimate of drug-likeness (QED) is 0.917. The summed E-state index contributed by atoms with van der Waals surface area (Å²) in [5.74, 6) is -1.41. The van der Waals surface area contributed by atoms with Gasteiger partial charge in [-0.1, -0.05) is 18.2 Å². The zero-order chi connectivity index (χ0) is 16.4. The molecule has 1 atom stereocenters. The van der Waals surface area contributed by atoms with Crippen molar-refractivity contribution in [2.45, 2.75) is 13.0 Å². The number of ether oxygens (including phenoxy) is 1. The highest BCUT2D eigenvalue weighted by Gasteiger charge is 2.33. The molecule has 23 heavy (non-hydrogen) atoms. The first kappa shape index (κ1) is 15.2. The van der Waals surface area contributed by atoms with Gasteiger partial charge < -0.3 is 14.7 Å². The number of aryl methyl sites for hydroxylation is 1. The number of benzene rings is 1. The Hall–Kier alpha value is -2.67. The van der Waals surface area contributed by atoms with Crippen molar-refractivity contribution in [2.75, 3.05) is 19.8 Å². The second-order valence-corrected chi connectivity index (χ2v) is 5.39. The third-order valence-corrected chi connectivity index (χ3v) is 3.87. The average molecular weight is 315 g/mol. The summed E-state index contributed by atoms with van der Waals surface area (Å²) in [5, 5.41) is 13.5. The van der Waals surface area contributed by atoms with Crippen LogP contribution in [0.3, 0.4) is 0 Å². The molecule has 0 saturated carbocycles. The molecule has 0 aliphatic carbocycles. The number of aliphatic carboxylic acids is 1. The van der Waals surface area contributed by atoms with Crippen LogP contribution in [0.15, 0.2) is 36.7 Å². The largest absolute Gasteiger partial charge is 0.480 e. The van der Waals surface area contributed by atoms with Crippen LogP contribution < -0.4 is 0 Å². The van der Waals surface area contributed by atoms with Crippen molar-refractivity contribution in [3.05, 3.63) is 47.8 Å². The number of amides is 1. The summed E-state index contributed by atoms with van der Waals surface area (Å²) in [5.41, 5.74) is 2.27. The fraction of sp³-hybridized carbons (Fsp3) is 0.312. The van der Waals surface area contributed by atoms with E-state index in [4.69, 9.17) is 4.74 Å². The highest BCUT2D eigenvalue weighted by Crippen LogP contribution is 2.16. The van der Waals surface area contributed by atoms with Crippen molar-refractivity contribution in [1.29, 1.82) is 0 Å². The zero-order valence-electron chi connectivity index (χ0n) is 12.7. The molecule has 0 spiro atoms. The van der Waals surface area contributed by atoms with Crippen molar-refractivity contribution in [3.8, 4) is 5.69 Å². The van der Waals surface area contributed by atoms with Crippen LogP contribution in [0.4, 0.5) is 0 Å². The Morgan fingerprint density at radius 2 is 2.13 bits per heavy atom. The molecule has 1 N–H and O–H groups in total. The van der Waals surface area contributed by atoms with Gasteiger partial charge in [-0.05, 0) is 18.6 Å². The number of hydrogen-bond acceptors (Lipinski definition) is 4. The van der Waals surface area contributed by atoms with Crippen LogP contribution in [0.1, 0.15) is 15.9 Å². The number of carboxylic acid groups (broad SMARTS) is 1. The van der Waals surface area contributed by atoms with Gasteiger partial charge in [0.25, 0.3) is 5.91 Å². The molecule has 2 aromatic rings. The summed E-state index contributed by atoms with van der Waals surface area (Å²) in [6.45, 7) is 2.56. The first-order valence-electron chi connectivity index (χ1n) is 7.30. The fourth-order valence-corrected chi connectivity index (χ4v) is 2.60. The number of rotatable bonds is 3. The number of morpholine rings is 1. The molecule has 0 unspecified atom stereocenters. The smallest absolute Gasteiger partial charge is 0.328 e. The Morgan fingerprint density at radius 3 is 2.87 bits per heavy atom. The van der Waals surface area contributed by atoms with Gasteiger partial charge in [-0.2, -0.15) is 5.10 Å². The van der Waals surface area contributed by atoms with Gasteiger partial charge in [0.1, 0.15) is 0 Å². The van der Waals surface area contributed by atoms with Gasteiger partial charge in [0.15, 0.2) is 6.04 Å². The molecule has 1 aromatic carbocycles. The third-order valence-electron chi connectivity index (χ3n) is 3.87. The lowest BCUT2D eigenvalue weighted by Crippen LogP contribution is -2.52. The fourth-order valence-electron chi connectivity index (χ4n) is 2.60. The van der Waals surface area contributed by atoms with Gasteiger partial charge in [-0.25, -0.2) is 9.48 Å². The second kappa shape index (κ2) is 6.21. The number of hydrogen-bond donors (Lipinski definition) is 1. The highest BCUT2D eigenvalue weighted by molar-refractivity contribution is 5.96. The Morgan fingerprint density at radius 1 is 1.35 bits per heavy atom. The SMILES string of the molecule is Cc1ccccc1-n1cc(C(=O)N2CCOC[C@@H]2C(=O)O)cn1. The summed E-state index contributed by atoms with van der Waals surface area (Å²) in [6.07, 6.45) is 3.09. The maximum atomic E-state index is 12.6. The molecule has 1 saturated heterocycles. The van der Waals surface area contributed by atoms with Gasteiger partial charge in [-0.15, -0.1) is 0 Å². The maximum Gasteiger partial charge on any atom is 0.328 e. The number of carboxylic acids is 1. The number of aromatic nitrogens is 2. The second-order valence-electron chi connectivity index (χ2n) is 5.39. The highest BCUT2D eigenvalue weighted by atomic mass is 16.5. The van der Waals surface area contributed by atoms with Crippen molar-refractivity contribution in [3.63, 3.8) is 0 Å². The van der Waals surface area contributed by atoms with E-state index in [1.165, 1.54) is 11.1 Å². The molecule has 2 heterocycles. The molecule has 1 aromatic heterocycles. The predicted molar refractivity (Wildman–Crippen MR) is 81.6 cm³/mol. The summed E-state index contributed by atoms with van der Waals surface area (Å²) in [6, 6.07) is 6.73. The lowest BCUT2D eigenvalue weighted by molar-refractivity contribution is -0.147. The minimum atomic E-state index is -1.07. The molecule has 1 fully saturated rings. The molecule has 0 bridgehead atoms. The van der Waals surface area contributed by atoms with Crippen LogP contribution in [0.25, 0.3) is 5.69 Å². The van der Waals surface area contributed by atoms with Gasteiger partial charge >= 0.3 is 5.97 Å². The van der Waals surface area contributed by atoms with Gasteiger partial charge in [0.2, 0.25) is 0 Å². The summed E-state index contributed by atoms with van der Waals surface area (Å²) in [7, 11) is 0. The monoisotopic (exact) mass is 315 g/mol. The lowest BCUT2D eigenvalue weighted by Gasteiger charge is -2.32. The summed E-state index contributed by atoms with van der Waals surface area (Å²) >= 11 is 0. The molecule has 3 rings (SSSR count). The maximum absolute atomic E-state index is 12.6.